The highest BCUT2D eigenvalue weighted by Gasteiger charge is 2.58. The summed E-state index contributed by atoms with van der Waals surface area (Å²) >= 11 is 12.2. The zero-order valence-corrected chi connectivity index (χ0v) is 9.85. The molecule has 0 N–H and O–H groups in total. The van der Waals surface area contributed by atoms with Crippen molar-refractivity contribution >= 4 is 28.8 Å². The Morgan fingerprint density at radius 2 is 2.25 bits per heavy atom. The van der Waals surface area contributed by atoms with Gasteiger partial charge in [-0.05, 0) is 46.9 Å². The average molecular weight is 251 g/mol. The summed E-state index contributed by atoms with van der Waals surface area (Å²) in [6.45, 7) is 0. The molecule has 1 aromatic rings. The average Bonchev–Trinajstić information content (AvgIpc) is 2.82. The van der Waals surface area contributed by atoms with E-state index in [0.717, 1.165) is 11.4 Å². The number of halogens is 2. The lowest BCUT2D eigenvalue weighted by molar-refractivity contribution is 0.390. The number of alkyl halides is 1. The molecule has 0 aromatic heterocycles. The van der Waals surface area contributed by atoms with Crippen LogP contribution in [0.1, 0.15) is 11.1 Å². The maximum atomic E-state index is 6.22. The first-order valence-electron chi connectivity index (χ1n) is 5.25. The summed E-state index contributed by atoms with van der Waals surface area (Å²) < 4.78 is 5.53. The van der Waals surface area contributed by atoms with Crippen LogP contribution in [-0.2, 0) is 11.2 Å². The third kappa shape index (κ3) is 1.06. The minimum Gasteiger partial charge on any atom is -0.341 e. The fourth-order valence-electron chi connectivity index (χ4n) is 2.65. The molecule has 0 radical (unpaired) electrons. The smallest absolute Gasteiger partial charge is 0.191 e. The van der Waals surface area contributed by atoms with Gasteiger partial charge in [-0.15, -0.1) is 0 Å². The predicted molar refractivity (Wildman–Crippen MR) is 64.7 cm³/mol. The summed E-state index contributed by atoms with van der Waals surface area (Å²) in [5, 5.41) is 0.237. The number of epoxide rings is 1. The van der Waals surface area contributed by atoms with E-state index in [-0.39, 0.29) is 6.10 Å². The van der Waals surface area contributed by atoms with Gasteiger partial charge in [0.1, 0.15) is 6.10 Å². The van der Waals surface area contributed by atoms with E-state index >= 15 is 0 Å². The summed E-state index contributed by atoms with van der Waals surface area (Å²) in [7, 11) is 0. The van der Waals surface area contributed by atoms with E-state index in [2.05, 4.69) is 12.1 Å². The van der Waals surface area contributed by atoms with E-state index in [1.165, 1.54) is 22.3 Å². The van der Waals surface area contributed by atoms with Crippen LogP contribution in [0.2, 0.25) is 5.02 Å². The summed E-state index contributed by atoms with van der Waals surface area (Å²) in [4.78, 5) is 0. The number of hydrogen-bond donors (Lipinski definition) is 0. The lowest BCUT2D eigenvalue weighted by atomic mass is 9.98. The first kappa shape index (κ1) is 9.29. The monoisotopic (exact) mass is 250 g/mol. The molecule has 0 spiro atoms. The second-order valence-corrected chi connectivity index (χ2v) is 5.47. The first-order valence-corrected chi connectivity index (χ1v) is 6.01. The van der Waals surface area contributed by atoms with Crippen molar-refractivity contribution in [3.8, 4) is 0 Å². The Kier molecular flexibility index (Phi) is 1.58. The zero-order valence-electron chi connectivity index (χ0n) is 8.34. The second kappa shape index (κ2) is 2.73. The molecule has 4 rings (SSSR count). The Morgan fingerprint density at radius 3 is 3.12 bits per heavy atom. The highest BCUT2D eigenvalue weighted by molar-refractivity contribution is 6.30. The molecule has 1 heterocycles. The van der Waals surface area contributed by atoms with Gasteiger partial charge in [0.25, 0.3) is 0 Å². The largest absolute Gasteiger partial charge is 0.341 e. The van der Waals surface area contributed by atoms with Crippen molar-refractivity contribution in [3.05, 3.63) is 52.1 Å². The molecule has 2 aliphatic carbocycles. The van der Waals surface area contributed by atoms with Crippen LogP contribution in [0.15, 0.2) is 35.9 Å². The van der Waals surface area contributed by atoms with Gasteiger partial charge < -0.3 is 4.74 Å². The summed E-state index contributed by atoms with van der Waals surface area (Å²) in [6, 6.07) is 6.04. The Labute approximate surface area is 103 Å². The predicted octanol–water partition coefficient (Wildman–Crippen LogP) is 3.55. The number of ether oxygens (including phenoxy) is 1. The van der Waals surface area contributed by atoms with Gasteiger partial charge in [0.05, 0.1) is 0 Å². The minimum absolute atomic E-state index is 0.0698. The summed E-state index contributed by atoms with van der Waals surface area (Å²) in [5.74, 6) is 0. The third-order valence-electron chi connectivity index (χ3n) is 3.48. The molecule has 0 bridgehead atoms. The van der Waals surface area contributed by atoms with Crippen molar-refractivity contribution in [2.45, 2.75) is 17.6 Å². The fourth-order valence-corrected chi connectivity index (χ4v) is 3.13. The molecule has 1 nitrogen and oxygen atoms in total. The lowest BCUT2D eigenvalue weighted by Crippen LogP contribution is -2.09. The van der Waals surface area contributed by atoms with Gasteiger partial charge in [-0.2, -0.15) is 0 Å². The number of rotatable bonds is 0. The van der Waals surface area contributed by atoms with Crippen LogP contribution in [0.3, 0.4) is 0 Å². The maximum Gasteiger partial charge on any atom is 0.191 e. The Bertz CT molecular complexity index is 573. The standard InChI is InChI=1S/C13H8Cl2O/c14-8-1-2-9-7(5-8)6-11-10(9)3-4-13(15)12(11)16-13/h1-5,12H,6H2. The molecule has 0 saturated carbocycles. The number of hydrogen-bond acceptors (Lipinski definition) is 1. The van der Waals surface area contributed by atoms with Crippen LogP contribution in [0.25, 0.3) is 5.57 Å². The van der Waals surface area contributed by atoms with E-state index < -0.39 is 5.06 Å². The molecule has 2 unspecified atom stereocenters. The number of fused-ring (bicyclic) bond motifs is 4. The first-order chi connectivity index (χ1) is 7.67. The lowest BCUT2D eigenvalue weighted by Gasteiger charge is -2.07. The van der Waals surface area contributed by atoms with E-state index in [0.29, 0.717) is 0 Å². The quantitative estimate of drug-likeness (QED) is 0.507. The SMILES string of the molecule is Clc1ccc2c(c1)CC1=C2C=CC2(Cl)OC12. The molecular formula is C13H8Cl2O. The van der Waals surface area contributed by atoms with Gasteiger partial charge in [-0.3, -0.25) is 0 Å². The molecule has 3 heteroatoms. The molecule has 0 amide bonds. The fraction of sp³-hybridized carbons (Fsp3) is 0.231. The minimum atomic E-state index is -0.551. The van der Waals surface area contributed by atoms with Gasteiger partial charge >= 0.3 is 0 Å². The molecular weight excluding hydrogens is 243 g/mol. The maximum absolute atomic E-state index is 6.22. The van der Waals surface area contributed by atoms with Crippen LogP contribution in [0, 0.1) is 0 Å². The molecule has 80 valence electrons. The van der Waals surface area contributed by atoms with Gasteiger partial charge in [-0.1, -0.05) is 35.3 Å². The van der Waals surface area contributed by atoms with Crippen molar-refractivity contribution in [2.75, 3.05) is 0 Å². The Morgan fingerprint density at radius 1 is 1.38 bits per heavy atom. The van der Waals surface area contributed by atoms with E-state index in [9.17, 15) is 0 Å². The van der Waals surface area contributed by atoms with Crippen molar-refractivity contribution in [1.29, 1.82) is 0 Å². The number of allylic oxidation sites excluding steroid dienone is 2. The van der Waals surface area contributed by atoms with Gasteiger partial charge in [0.2, 0.25) is 0 Å². The van der Waals surface area contributed by atoms with Crippen LogP contribution in [0.4, 0.5) is 0 Å². The highest BCUT2D eigenvalue weighted by Crippen LogP contribution is 2.54. The van der Waals surface area contributed by atoms with E-state index in [1.807, 2.05) is 18.2 Å². The topological polar surface area (TPSA) is 12.5 Å². The van der Waals surface area contributed by atoms with Gasteiger partial charge in [-0.25, -0.2) is 0 Å². The molecule has 1 aliphatic heterocycles. The second-order valence-electron chi connectivity index (χ2n) is 4.45. The van der Waals surface area contributed by atoms with E-state index in [4.69, 9.17) is 27.9 Å². The molecule has 1 fully saturated rings. The normalized spacial score (nSPS) is 33.5. The molecule has 3 aliphatic rings. The zero-order chi connectivity index (χ0) is 10.9. The molecule has 1 aromatic carbocycles. The van der Waals surface area contributed by atoms with Crippen molar-refractivity contribution in [3.63, 3.8) is 0 Å². The van der Waals surface area contributed by atoms with E-state index in [1.54, 1.807) is 0 Å². The Hall–Kier alpha value is -0.760. The molecule has 2 atom stereocenters. The van der Waals surface area contributed by atoms with Crippen molar-refractivity contribution < 1.29 is 4.74 Å². The highest BCUT2D eigenvalue weighted by atomic mass is 35.5. The Balaban J connectivity index is 1.87. The molecule has 16 heavy (non-hydrogen) atoms. The van der Waals surface area contributed by atoms with Crippen molar-refractivity contribution in [1.82, 2.24) is 0 Å². The van der Waals surface area contributed by atoms with Crippen LogP contribution in [0.5, 0.6) is 0 Å². The van der Waals surface area contributed by atoms with Crippen molar-refractivity contribution in [2.24, 2.45) is 0 Å². The summed E-state index contributed by atoms with van der Waals surface area (Å²) in [5.41, 5.74) is 5.11. The van der Waals surface area contributed by atoms with Gasteiger partial charge in [0.15, 0.2) is 5.06 Å². The van der Waals surface area contributed by atoms with Gasteiger partial charge in [0, 0.05) is 5.02 Å². The third-order valence-corrected chi connectivity index (χ3v) is 4.13. The molecule has 1 saturated heterocycles. The van der Waals surface area contributed by atoms with Crippen LogP contribution in [-0.4, -0.2) is 11.2 Å². The van der Waals surface area contributed by atoms with Crippen LogP contribution < -0.4 is 0 Å². The number of benzene rings is 1. The summed E-state index contributed by atoms with van der Waals surface area (Å²) in [6.07, 6.45) is 5.00. The van der Waals surface area contributed by atoms with Crippen LogP contribution >= 0.6 is 23.2 Å².